The van der Waals surface area contributed by atoms with Crippen LogP contribution in [0.5, 0.6) is 5.75 Å². The Balaban J connectivity index is 1.11. The Kier molecular flexibility index (Phi) is 8.61. The third-order valence-corrected chi connectivity index (χ3v) is 13.4. The third kappa shape index (κ3) is 5.17. The van der Waals surface area contributed by atoms with Crippen LogP contribution in [0.4, 0.5) is 0 Å². The Bertz CT molecular complexity index is 992. The number of hydrogen-bond acceptors (Lipinski definition) is 4. The Morgan fingerprint density at radius 3 is 2.58 bits per heavy atom. The normalized spacial score (nSPS) is 40.8. The van der Waals surface area contributed by atoms with E-state index in [1.165, 1.54) is 69.8 Å². The summed E-state index contributed by atoms with van der Waals surface area (Å²) in [6.45, 7) is 9.05. The Morgan fingerprint density at radius 1 is 0.950 bits per heavy atom. The van der Waals surface area contributed by atoms with Gasteiger partial charge in [0.15, 0.2) is 0 Å². The predicted octanol–water partition coefficient (Wildman–Crippen LogP) is 7.92. The van der Waals surface area contributed by atoms with E-state index in [0.29, 0.717) is 35.9 Å². The molecule has 224 valence electrons. The first-order valence-electron chi connectivity index (χ1n) is 17.2. The summed E-state index contributed by atoms with van der Waals surface area (Å²) in [5.74, 6) is 3.83. The van der Waals surface area contributed by atoms with Crippen molar-refractivity contribution >= 4 is 0 Å². The van der Waals surface area contributed by atoms with Crippen molar-refractivity contribution in [2.45, 2.75) is 141 Å². The number of rotatable bonds is 8. The van der Waals surface area contributed by atoms with Crippen molar-refractivity contribution < 1.29 is 14.9 Å². The lowest BCUT2D eigenvalue weighted by Gasteiger charge is -2.61. The molecular weight excluding hydrogens is 494 g/mol. The molecule has 5 aliphatic carbocycles. The molecule has 6 rings (SSSR count). The van der Waals surface area contributed by atoms with Gasteiger partial charge in [-0.3, -0.25) is 4.90 Å². The van der Waals surface area contributed by atoms with Crippen molar-refractivity contribution in [1.29, 1.82) is 0 Å². The second-order valence-electron chi connectivity index (χ2n) is 14.9. The molecule has 0 radical (unpaired) electrons. The van der Waals surface area contributed by atoms with E-state index in [-0.39, 0.29) is 17.6 Å². The zero-order chi connectivity index (χ0) is 27.9. The fourth-order valence-electron chi connectivity index (χ4n) is 11.2. The quantitative estimate of drug-likeness (QED) is 0.345. The fraction of sp³-hybridized carbons (Fsp3) is 0.833. The number of nitrogens with zero attached hydrogens (tertiary/aromatic N) is 1. The molecule has 40 heavy (non-hydrogen) atoms. The van der Waals surface area contributed by atoms with Gasteiger partial charge in [-0.05, 0) is 137 Å². The van der Waals surface area contributed by atoms with Crippen molar-refractivity contribution in [2.75, 3.05) is 13.2 Å². The molecule has 0 aliphatic heterocycles. The van der Waals surface area contributed by atoms with E-state index in [2.05, 4.69) is 49.9 Å². The van der Waals surface area contributed by atoms with Crippen LogP contribution in [0.15, 0.2) is 24.3 Å². The lowest BCUT2D eigenvalue weighted by Crippen LogP contribution is -2.55. The lowest BCUT2D eigenvalue weighted by molar-refractivity contribution is -0.142. The average molecular weight is 552 g/mol. The van der Waals surface area contributed by atoms with Gasteiger partial charge in [-0.2, -0.15) is 0 Å². The van der Waals surface area contributed by atoms with Crippen molar-refractivity contribution in [3.8, 4) is 5.75 Å². The highest BCUT2D eigenvalue weighted by Gasteiger charge is 2.61. The zero-order valence-electron chi connectivity index (χ0n) is 25.7. The van der Waals surface area contributed by atoms with Gasteiger partial charge in [0.1, 0.15) is 5.75 Å². The number of aliphatic hydroxyl groups excluding tert-OH is 2. The molecule has 1 aromatic rings. The molecule has 0 spiro atoms. The predicted molar refractivity (Wildman–Crippen MR) is 162 cm³/mol. The minimum Gasteiger partial charge on any atom is -0.494 e. The van der Waals surface area contributed by atoms with Gasteiger partial charge < -0.3 is 14.9 Å². The van der Waals surface area contributed by atoms with Crippen molar-refractivity contribution in [3.05, 3.63) is 29.8 Å². The maximum absolute atomic E-state index is 11.4. The smallest absolute Gasteiger partial charge is 0.119 e. The van der Waals surface area contributed by atoms with E-state index in [4.69, 9.17) is 4.74 Å². The molecule has 4 unspecified atom stereocenters. The third-order valence-electron chi connectivity index (χ3n) is 13.4. The second kappa shape index (κ2) is 11.9. The van der Waals surface area contributed by atoms with E-state index < -0.39 is 0 Å². The molecule has 4 heteroatoms. The summed E-state index contributed by atoms with van der Waals surface area (Å²) in [5, 5.41) is 21.8. The first kappa shape index (κ1) is 29.0. The van der Waals surface area contributed by atoms with E-state index in [1.807, 2.05) is 0 Å². The molecular formula is C36H57NO3. The van der Waals surface area contributed by atoms with Gasteiger partial charge in [0.05, 0.1) is 18.8 Å². The SMILES string of the molecule is CCN(C1CCCCC1)[C@H](C)c1cccc(OCC[C@]23CCC4C(CCC5C[C@@H](O)CC[C@@]54C)C2CC[C@@H]3O)c1. The lowest BCUT2D eigenvalue weighted by atomic mass is 9.44. The van der Waals surface area contributed by atoms with Crippen molar-refractivity contribution in [2.24, 2.45) is 34.5 Å². The van der Waals surface area contributed by atoms with E-state index >= 15 is 0 Å². The summed E-state index contributed by atoms with van der Waals surface area (Å²) in [5.41, 5.74) is 1.79. The van der Waals surface area contributed by atoms with Crippen LogP contribution in [-0.2, 0) is 0 Å². The van der Waals surface area contributed by atoms with Gasteiger partial charge >= 0.3 is 0 Å². The topological polar surface area (TPSA) is 52.9 Å². The number of fused-ring (bicyclic) bond motifs is 5. The first-order chi connectivity index (χ1) is 19.4. The highest BCUT2D eigenvalue weighted by Crippen LogP contribution is 2.67. The summed E-state index contributed by atoms with van der Waals surface area (Å²) in [6.07, 6.45) is 17.8. The van der Waals surface area contributed by atoms with Gasteiger partial charge in [-0.25, -0.2) is 0 Å². The zero-order valence-corrected chi connectivity index (χ0v) is 25.7. The standard InChI is InChI=1S/C36H57NO3/c1-4-37(28-10-6-5-7-11-28)25(2)26-9-8-12-30(23-26)40-22-21-36-20-18-32-31(33(36)15-16-34(36)39)14-13-27-24-29(38)17-19-35(27,32)3/h8-9,12,23,25,27-29,31-34,38-39H,4-7,10-11,13-22,24H2,1-3H3/t25-,27?,29+,31?,32?,33?,34+,35+,36-/m1/s1. The highest BCUT2D eigenvalue weighted by atomic mass is 16.5. The highest BCUT2D eigenvalue weighted by molar-refractivity contribution is 5.30. The molecule has 5 fully saturated rings. The van der Waals surface area contributed by atoms with Crippen LogP contribution in [0.2, 0.25) is 0 Å². The van der Waals surface area contributed by atoms with Crippen LogP contribution >= 0.6 is 0 Å². The van der Waals surface area contributed by atoms with Crippen LogP contribution in [-0.4, -0.2) is 46.5 Å². The molecule has 1 aromatic carbocycles. The van der Waals surface area contributed by atoms with Crippen LogP contribution in [0.1, 0.15) is 129 Å². The van der Waals surface area contributed by atoms with Crippen LogP contribution in [0.3, 0.4) is 0 Å². The minimum atomic E-state index is -0.180. The molecule has 0 aromatic heterocycles. The Hall–Kier alpha value is -1.10. The number of benzene rings is 1. The molecule has 2 N–H and O–H groups in total. The van der Waals surface area contributed by atoms with Crippen molar-refractivity contribution in [1.82, 2.24) is 4.90 Å². The molecule has 0 saturated heterocycles. The molecule has 0 heterocycles. The maximum atomic E-state index is 11.4. The molecule has 0 bridgehead atoms. The summed E-state index contributed by atoms with van der Waals surface area (Å²) in [4.78, 5) is 2.71. The van der Waals surface area contributed by atoms with Gasteiger partial charge in [-0.15, -0.1) is 0 Å². The molecule has 0 amide bonds. The summed E-state index contributed by atoms with van der Waals surface area (Å²) in [6, 6.07) is 9.98. The van der Waals surface area contributed by atoms with Crippen LogP contribution < -0.4 is 4.74 Å². The molecule has 4 nitrogen and oxygen atoms in total. The molecule has 5 saturated carbocycles. The van der Waals surface area contributed by atoms with E-state index in [9.17, 15) is 10.2 Å². The Labute approximate surface area is 244 Å². The summed E-state index contributed by atoms with van der Waals surface area (Å²) < 4.78 is 6.51. The van der Waals surface area contributed by atoms with Gasteiger partial charge in [-0.1, -0.05) is 45.2 Å². The number of aliphatic hydroxyl groups is 2. The molecule has 5 aliphatic rings. The number of ether oxygens (including phenoxy) is 1. The second-order valence-corrected chi connectivity index (χ2v) is 14.9. The van der Waals surface area contributed by atoms with Gasteiger partial charge in [0.2, 0.25) is 0 Å². The Morgan fingerprint density at radius 2 is 1.77 bits per heavy atom. The number of hydrogen-bond donors (Lipinski definition) is 2. The maximum Gasteiger partial charge on any atom is 0.119 e. The van der Waals surface area contributed by atoms with Crippen LogP contribution in [0.25, 0.3) is 0 Å². The van der Waals surface area contributed by atoms with Crippen molar-refractivity contribution in [3.63, 3.8) is 0 Å². The summed E-state index contributed by atoms with van der Waals surface area (Å²) >= 11 is 0. The van der Waals surface area contributed by atoms with Gasteiger partial charge in [0, 0.05) is 17.5 Å². The van der Waals surface area contributed by atoms with E-state index in [0.717, 1.165) is 56.2 Å². The van der Waals surface area contributed by atoms with E-state index in [1.54, 1.807) is 0 Å². The van der Waals surface area contributed by atoms with Gasteiger partial charge in [0.25, 0.3) is 0 Å². The summed E-state index contributed by atoms with van der Waals surface area (Å²) in [7, 11) is 0. The average Bonchev–Trinajstić information content (AvgIpc) is 3.30. The largest absolute Gasteiger partial charge is 0.494 e. The molecule has 9 atom stereocenters. The monoisotopic (exact) mass is 551 g/mol. The van der Waals surface area contributed by atoms with Crippen LogP contribution in [0, 0.1) is 34.5 Å². The minimum absolute atomic E-state index is 0.0312. The first-order valence-corrected chi connectivity index (χ1v) is 17.2. The fourth-order valence-corrected chi connectivity index (χ4v) is 11.2.